The summed E-state index contributed by atoms with van der Waals surface area (Å²) < 4.78 is 0. The van der Waals surface area contributed by atoms with E-state index in [-0.39, 0.29) is 0 Å². The van der Waals surface area contributed by atoms with E-state index in [1.807, 2.05) is 24.3 Å². The Morgan fingerprint density at radius 3 is 2.06 bits per heavy atom. The lowest BCUT2D eigenvalue weighted by molar-refractivity contribution is 0.259. The van der Waals surface area contributed by atoms with E-state index < -0.39 is 6.03 Å². The summed E-state index contributed by atoms with van der Waals surface area (Å²) >= 11 is 0. The lowest BCUT2D eigenvalue weighted by Crippen LogP contribution is -2.21. The van der Waals surface area contributed by atoms with Gasteiger partial charge in [0.25, 0.3) is 0 Å². The van der Waals surface area contributed by atoms with Gasteiger partial charge in [0.15, 0.2) is 0 Å². The van der Waals surface area contributed by atoms with Crippen LogP contribution >= 0.6 is 0 Å². The van der Waals surface area contributed by atoms with Crippen LogP contribution in [0.5, 0.6) is 0 Å². The summed E-state index contributed by atoms with van der Waals surface area (Å²) in [5, 5.41) is 5.90. The maximum atomic E-state index is 10.6. The minimum Gasteiger partial charge on any atom is -0.382 e. The molecule has 4 nitrogen and oxygen atoms in total. The number of rotatable bonds is 4. The second-order valence-corrected chi connectivity index (χ2v) is 4.24. The number of carbonyl (C=O) groups excluding carboxylic acids is 1. The van der Waals surface area contributed by atoms with Crippen molar-refractivity contribution in [3.05, 3.63) is 24.3 Å². The Balaban J connectivity index is 2.61. The van der Waals surface area contributed by atoms with E-state index in [4.69, 9.17) is 5.73 Å². The van der Waals surface area contributed by atoms with Crippen LogP contribution in [-0.4, -0.2) is 12.1 Å². The fourth-order valence-electron chi connectivity index (χ4n) is 1.22. The van der Waals surface area contributed by atoms with Crippen LogP contribution in [0.15, 0.2) is 24.3 Å². The topological polar surface area (TPSA) is 67.2 Å². The molecule has 1 atom stereocenters. The molecule has 0 heterocycles. The largest absolute Gasteiger partial charge is 0.382 e. The highest BCUT2D eigenvalue weighted by atomic mass is 16.2. The van der Waals surface area contributed by atoms with Crippen molar-refractivity contribution >= 4 is 17.4 Å². The third-order valence-corrected chi connectivity index (χ3v) is 2.55. The number of benzene rings is 1. The summed E-state index contributed by atoms with van der Waals surface area (Å²) in [6.45, 7) is 6.47. The van der Waals surface area contributed by atoms with Gasteiger partial charge in [-0.05, 0) is 37.1 Å². The molecule has 1 unspecified atom stereocenters. The zero-order chi connectivity index (χ0) is 12.1. The van der Waals surface area contributed by atoms with Gasteiger partial charge in [-0.2, -0.15) is 0 Å². The van der Waals surface area contributed by atoms with Crippen LogP contribution < -0.4 is 16.4 Å². The van der Waals surface area contributed by atoms with Gasteiger partial charge in [-0.15, -0.1) is 0 Å². The number of nitrogens with one attached hydrogen (secondary N) is 2. The van der Waals surface area contributed by atoms with E-state index in [2.05, 4.69) is 31.4 Å². The number of primary amides is 1. The molecule has 4 N–H and O–H groups in total. The van der Waals surface area contributed by atoms with Gasteiger partial charge in [0, 0.05) is 17.4 Å². The van der Waals surface area contributed by atoms with Crippen molar-refractivity contribution in [2.75, 3.05) is 10.6 Å². The van der Waals surface area contributed by atoms with Gasteiger partial charge in [-0.25, -0.2) is 4.79 Å². The molecule has 1 rings (SSSR count). The molecular weight excluding hydrogens is 202 g/mol. The van der Waals surface area contributed by atoms with Crippen LogP contribution in [0, 0.1) is 5.92 Å². The quantitative estimate of drug-likeness (QED) is 0.731. The normalized spacial score (nSPS) is 12.2. The van der Waals surface area contributed by atoms with Gasteiger partial charge in [0.1, 0.15) is 0 Å². The van der Waals surface area contributed by atoms with Crippen LogP contribution in [-0.2, 0) is 0 Å². The van der Waals surface area contributed by atoms with Crippen LogP contribution in [0.25, 0.3) is 0 Å². The molecule has 16 heavy (non-hydrogen) atoms. The van der Waals surface area contributed by atoms with Crippen LogP contribution in [0.3, 0.4) is 0 Å². The van der Waals surface area contributed by atoms with Crippen molar-refractivity contribution in [2.24, 2.45) is 11.7 Å². The Bertz CT molecular complexity index is 346. The second-order valence-electron chi connectivity index (χ2n) is 4.24. The zero-order valence-electron chi connectivity index (χ0n) is 9.95. The molecule has 0 aliphatic carbocycles. The Morgan fingerprint density at radius 1 is 1.12 bits per heavy atom. The second kappa shape index (κ2) is 5.39. The summed E-state index contributed by atoms with van der Waals surface area (Å²) in [4.78, 5) is 10.6. The van der Waals surface area contributed by atoms with Crippen molar-refractivity contribution in [1.29, 1.82) is 0 Å². The van der Waals surface area contributed by atoms with Crippen molar-refractivity contribution in [2.45, 2.75) is 26.8 Å². The number of nitrogens with two attached hydrogens (primary N) is 1. The molecule has 0 radical (unpaired) electrons. The van der Waals surface area contributed by atoms with E-state index in [0.29, 0.717) is 17.6 Å². The van der Waals surface area contributed by atoms with Crippen LogP contribution in [0.1, 0.15) is 20.8 Å². The predicted octanol–water partition coefficient (Wildman–Crippen LogP) is 2.63. The Morgan fingerprint density at radius 2 is 1.62 bits per heavy atom. The van der Waals surface area contributed by atoms with Crippen LogP contribution in [0.2, 0.25) is 0 Å². The lowest BCUT2D eigenvalue weighted by atomic mass is 10.1. The van der Waals surface area contributed by atoms with Gasteiger partial charge in [-0.3, -0.25) is 0 Å². The fourth-order valence-corrected chi connectivity index (χ4v) is 1.22. The first-order valence-electron chi connectivity index (χ1n) is 5.42. The zero-order valence-corrected chi connectivity index (χ0v) is 9.95. The summed E-state index contributed by atoms with van der Waals surface area (Å²) in [6, 6.07) is 7.35. The fraction of sp³-hybridized carbons (Fsp3) is 0.417. The summed E-state index contributed by atoms with van der Waals surface area (Å²) in [5.74, 6) is 0.573. The van der Waals surface area contributed by atoms with Gasteiger partial charge in [0.2, 0.25) is 0 Å². The van der Waals surface area contributed by atoms with E-state index in [1.54, 1.807) is 0 Å². The Hall–Kier alpha value is -1.71. The summed E-state index contributed by atoms with van der Waals surface area (Å²) in [7, 11) is 0. The molecule has 1 aromatic carbocycles. The number of carbonyl (C=O) groups is 1. The van der Waals surface area contributed by atoms with E-state index in [9.17, 15) is 4.79 Å². The molecular formula is C12H19N3O. The maximum absolute atomic E-state index is 10.6. The Kier molecular flexibility index (Phi) is 4.17. The molecule has 88 valence electrons. The average Bonchev–Trinajstić information content (AvgIpc) is 2.20. The van der Waals surface area contributed by atoms with Gasteiger partial charge in [-0.1, -0.05) is 13.8 Å². The van der Waals surface area contributed by atoms with Crippen molar-refractivity contribution < 1.29 is 4.79 Å². The van der Waals surface area contributed by atoms with E-state index >= 15 is 0 Å². The molecule has 0 fully saturated rings. The number of urea groups is 1. The third kappa shape index (κ3) is 3.81. The Labute approximate surface area is 96.2 Å². The number of hydrogen-bond acceptors (Lipinski definition) is 2. The smallest absolute Gasteiger partial charge is 0.316 e. The first-order valence-corrected chi connectivity index (χ1v) is 5.42. The lowest BCUT2D eigenvalue weighted by Gasteiger charge is -2.18. The summed E-state index contributed by atoms with van der Waals surface area (Å²) in [6.07, 6.45) is 0. The first-order chi connectivity index (χ1) is 7.49. The molecule has 0 aliphatic rings. The standard InChI is InChI=1S/C12H19N3O/c1-8(2)9(3)14-10-4-6-11(7-5-10)15-12(13)16/h4-9,14H,1-3H3,(H3,13,15,16). The molecule has 0 saturated carbocycles. The van der Waals surface area contributed by atoms with Crippen molar-refractivity contribution in [3.63, 3.8) is 0 Å². The SMILES string of the molecule is CC(C)C(C)Nc1ccc(NC(N)=O)cc1. The van der Waals surface area contributed by atoms with Crippen molar-refractivity contribution in [3.8, 4) is 0 Å². The van der Waals surface area contributed by atoms with E-state index in [0.717, 1.165) is 5.69 Å². The van der Waals surface area contributed by atoms with Gasteiger partial charge in [0.05, 0.1) is 0 Å². The molecule has 0 spiro atoms. The highest BCUT2D eigenvalue weighted by Crippen LogP contribution is 2.16. The average molecular weight is 221 g/mol. The predicted molar refractivity (Wildman–Crippen MR) is 67.6 cm³/mol. The van der Waals surface area contributed by atoms with Gasteiger partial charge >= 0.3 is 6.03 Å². The number of amides is 2. The molecule has 0 bridgehead atoms. The monoisotopic (exact) mass is 221 g/mol. The van der Waals surface area contributed by atoms with Crippen LogP contribution in [0.4, 0.5) is 16.2 Å². The molecule has 1 aromatic rings. The van der Waals surface area contributed by atoms with Crippen molar-refractivity contribution in [1.82, 2.24) is 0 Å². The highest BCUT2D eigenvalue weighted by molar-refractivity contribution is 5.87. The summed E-state index contributed by atoms with van der Waals surface area (Å²) in [5.41, 5.74) is 6.76. The third-order valence-electron chi connectivity index (χ3n) is 2.55. The highest BCUT2D eigenvalue weighted by Gasteiger charge is 2.06. The molecule has 4 heteroatoms. The van der Waals surface area contributed by atoms with Gasteiger partial charge < -0.3 is 16.4 Å². The molecule has 0 aliphatic heterocycles. The van der Waals surface area contributed by atoms with E-state index in [1.165, 1.54) is 0 Å². The first kappa shape index (κ1) is 12.4. The maximum Gasteiger partial charge on any atom is 0.316 e. The minimum absolute atomic E-state index is 0.412. The molecule has 0 aromatic heterocycles. The molecule has 0 saturated heterocycles. The number of hydrogen-bond donors (Lipinski definition) is 3. The number of anilines is 2. The minimum atomic E-state index is -0.545. The molecule has 2 amide bonds.